The van der Waals surface area contributed by atoms with Crippen molar-refractivity contribution in [3.8, 4) is 0 Å². The minimum atomic E-state index is -3.25. The van der Waals surface area contributed by atoms with Crippen molar-refractivity contribution in [2.45, 2.75) is 38.6 Å². The molecule has 2 unspecified atom stereocenters. The molecule has 0 aliphatic heterocycles. The fourth-order valence-corrected chi connectivity index (χ4v) is 2.73. The highest BCUT2D eigenvalue weighted by Crippen LogP contribution is 2.24. The molecule has 2 atom stereocenters. The molecule has 4 nitrogen and oxygen atoms in total. The summed E-state index contributed by atoms with van der Waals surface area (Å²) in [6.45, 7) is 2.11. The first-order valence-electron chi connectivity index (χ1n) is 5.13. The molecule has 1 N–H and O–H groups in total. The van der Waals surface area contributed by atoms with E-state index in [1.807, 2.05) is 0 Å². The first kappa shape index (κ1) is 11.9. The van der Waals surface area contributed by atoms with E-state index >= 15 is 0 Å². The summed E-state index contributed by atoms with van der Waals surface area (Å²) in [6, 6.07) is 0.121. The lowest BCUT2D eigenvalue weighted by atomic mass is 9.87. The second kappa shape index (κ2) is 4.59. The fourth-order valence-electron chi connectivity index (χ4n) is 1.79. The van der Waals surface area contributed by atoms with Gasteiger partial charge in [0.2, 0.25) is 0 Å². The van der Waals surface area contributed by atoms with E-state index in [-0.39, 0.29) is 6.04 Å². The maximum absolute atomic E-state index is 11.6. The van der Waals surface area contributed by atoms with E-state index in [0.717, 1.165) is 19.3 Å². The van der Waals surface area contributed by atoms with Crippen LogP contribution in [0.1, 0.15) is 32.6 Å². The third-order valence-electron chi connectivity index (χ3n) is 2.89. The molecule has 5 heteroatoms. The van der Waals surface area contributed by atoms with Crippen molar-refractivity contribution in [3.05, 3.63) is 0 Å². The average molecular weight is 220 g/mol. The van der Waals surface area contributed by atoms with E-state index < -0.39 is 10.2 Å². The van der Waals surface area contributed by atoms with Gasteiger partial charge in [0.25, 0.3) is 10.2 Å². The Kier molecular flexibility index (Phi) is 3.92. The van der Waals surface area contributed by atoms with Gasteiger partial charge in [-0.25, -0.2) is 0 Å². The number of nitrogens with one attached hydrogen (secondary N) is 1. The molecule has 1 saturated carbocycles. The van der Waals surface area contributed by atoms with Crippen LogP contribution in [0.4, 0.5) is 0 Å². The predicted octanol–water partition coefficient (Wildman–Crippen LogP) is 0.961. The lowest BCUT2D eigenvalue weighted by Crippen LogP contribution is -2.45. The SMILES string of the molecule is CC1CCCCC1NS(=O)(=O)N(C)C. The lowest BCUT2D eigenvalue weighted by molar-refractivity contribution is 0.306. The highest BCUT2D eigenvalue weighted by molar-refractivity contribution is 7.87. The standard InChI is InChI=1S/C9H20N2O2S/c1-8-6-4-5-7-9(8)10-14(12,13)11(2)3/h8-10H,4-7H2,1-3H3. The molecule has 84 valence electrons. The van der Waals surface area contributed by atoms with Crippen LogP contribution in [-0.4, -0.2) is 32.9 Å². The summed E-state index contributed by atoms with van der Waals surface area (Å²) in [5.74, 6) is 0.457. The molecular weight excluding hydrogens is 200 g/mol. The molecule has 1 aliphatic rings. The van der Waals surface area contributed by atoms with Crippen molar-refractivity contribution in [1.82, 2.24) is 9.03 Å². The molecule has 0 aromatic heterocycles. The van der Waals surface area contributed by atoms with Crippen LogP contribution in [0.25, 0.3) is 0 Å². The van der Waals surface area contributed by atoms with Crippen molar-refractivity contribution < 1.29 is 8.42 Å². The van der Waals surface area contributed by atoms with Gasteiger partial charge >= 0.3 is 0 Å². The van der Waals surface area contributed by atoms with E-state index in [2.05, 4.69) is 11.6 Å². The van der Waals surface area contributed by atoms with Gasteiger partial charge in [-0.2, -0.15) is 17.4 Å². The summed E-state index contributed by atoms with van der Waals surface area (Å²) in [5.41, 5.74) is 0. The van der Waals surface area contributed by atoms with Crippen LogP contribution in [-0.2, 0) is 10.2 Å². The van der Waals surface area contributed by atoms with Crippen LogP contribution >= 0.6 is 0 Å². The summed E-state index contributed by atoms with van der Waals surface area (Å²) < 4.78 is 27.1. The second-order valence-corrected chi connectivity index (χ2v) is 6.19. The van der Waals surface area contributed by atoms with Crippen LogP contribution in [0, 0.1) is 5.92 Å². The second-order valence-electron chi connectivity index (χ2n) is 4.27. The third kappa shape index (κ3) is 2.93. The van der Waals surface area contributed by atoms with Crippen LogP contribution < -0.4 is 4.72 Å². The van der Waals surface area contributed by atoms with Gasteiger partial charge in [-0.1, -0.05) is 19.8 Å². The van der Waals surface area contributed by atoms with Gasteiger partial charge in [-0.3, -0.25) is 0 Å². The maximum Gasteiger partial charge on any atom is 0.279 e. The zero-order valence-corrected chi connectivity index (χ0v) is 9.97. The largest absolute Gasteiger partial charge is 0.279 e. The first-order valence-corrected chi connectivity index (χ1v) is 6.57. The van der Waals surface area contributed by atoms with Crippen molar-refractivity contribution in [2.75, 3.05) is 14.1 Å². The molecular formula is C9H20N2O2S. The quantitative estimate of drug-likeness (QED) is 0.770. The predicted molar refractivity (Wildman–Crippen MR) is 57.2 cm³/mol. The summed E-state index contributed by atoms with van der Waals surface area (Å²) in [5, 5.41) is 0. The molecule has 0 saturated heterocycles. The van der Waals surface area contributed by atoms with Gasteiger partial charge in [0.1, 0.15) is 0 Å². The van der Waals surface area contributed by atoms with Gasteiger partial charge in [0.15, 0.2) is 0 Å². The Hall–Kier alpha value is -0.130. The van der Waals surface area contributed by atoms with E-state index in [1.165, 1.54) is 10.7 Å². The van der Waals surface area contributed by atoms with E-state index in [4.69, 9.17) is 0 Å². The molecule has 0 aromatic rings. The molecule has 1 aliphatic carbocycles. The van der Waals surface area contributed by atoms with Gasteiger partial charge in [-0.05, 0) is 18.8 Å². The summed E-state index contributed by atoms with van der Waals surface area (Å²) >= 11 is 0. The minimum Gasteiger partial charge on any atom is -0.199 e. The zero-order chi connectivity index (χ0) is 10.8. The monoisotopic (exact) mass is 220 g/mol. The van der Waals surface area contributed by atoms with Gasteiger partial charge in [0.05, 0.1) is 0 Å². The number of hydrogen-bond acceptors (Lipinski definition) is 2. The van der Waals surface area contributed by atoms with Crippen molar-refractivity contribution in [2.24, 2.45) is 5.92 Å². The van der Waals surface area contributed by atoms with Gasteiger partial charge in [0, 0.05) is 20.1 Å². The Morgan fingerprint density at radius 1 is 1.21 bits per heavy atom. The van der Waals surface area contributed by atoms with Gasteiger partial charge in [-0.15, -0.1) is 0 Å². The molecule has 14 heavy (non-hydrogen) atoms. The van der Waals surface area contributed by atoms with Crippen molar-refractivity contribution >= 4 is 10.2 Å². The number of hydrogen-bond donors (Lipinski definition) is 1. The molecule has 1 fully saturated rings. The molecule has 1 rings (SSSR count). The van der Waals surface area contributed by atoms with E-state index in [1.54, 1.807) is 14.1 Å². The summed E-state index contributed by atoms with van der Waals surface area (Å²) in [7, 11) is -0.145. The summed E-state index contributed by atoms with van der Waals surface area (Å²) in [6.07, 6.45) is 4.45. The highest BCUT2D eigenvalue weighted by atomic mass is 32.2. The molecule has 0 radical (unpaired) electrons. The fraction of sp³-hybridized carbons (Fsp3) is 1.00. The number of nitrogens with zero attached hydrogens (tertiary/aromatic N) is 1. The van der Waals surface area contributed by atoms with Crippen LogP contribution in [0.2, 0.25) is 0 Å². The van der Waals surface area contributed by atoms with Crippen LogP contribution in [0.15, 0.2) is 0 Å². The van der Waals surface area contributed by atoms with Gasteiger partial charge < -0.3 is 0 Å². The lowest BCUT2D eigenvalue weighted by Gasteiger charge is -2.30. The molecule has 0 heterocycles. The Bertz CT molecular complexity index is 275. The topological polar surface area (TPSA) is 49.4 Å². The Morgan fingerprint density at radius 3 is 2.29 bits per heavy atom. The average Bonchev–Trinajstić information content (AvgIpc) is 2.08. The van der Waals surface area contributed by atoms with Crippen LogP contribution in [0.3, 0.4) is 0 Å². The Morgan fingerprint density at radius 2 is 1.79 bits per heavy atom. The summed E-state index contributed by atoms with van der Waals surface area (Å²) in [4.78, 5) is 0. The Balaban J connectivity index is 2.58. The van der Waals surface area contributed by atoms with Crippen LogP contribution in [0.5, 0.6) is 0 Å². The molecule has 0 bridgehead atoms. The molecule has 0 spiro atoms. The zero-order valence-electron chi connectivity index (χ0n) is 9.16. The first-order chi connectivity index (χ1) is 6.43. The highest BCUT2D eigenvalue weighted by Gasteiger charge is 2.26. The molecule has 0 amide bonds. The minimum absolute atomic E-state index is 0.121. The van der Waals surface area contributed by atoms with Crippen molar-refractivity contribution in [3.63, 3.8) is 0 Å². The van der Waals surface area contributed by atoms with Crippen molar-refractivity contribution in [1.29, 1.82) is 0 Å². The van der Waals surface area contributed by atoms with E-state index in [9.17, 15) is 8.42 Å². The third-order valence-corrected chi connectivity index (χ3v) is 4.45. The maximum atomic E-state index is 11.6. The number of rotatable bonds is 3. The Labute approximate surface area is 86.9 Å². The normalized spacial score (nSPS) is 29.4. The molecule has 0 aromatic carbocycles. The van der Waals surface area contributed by atoms with E-state index in [0.29, 0.717) is 5.92 Å². The smallest absolute Gasteiger partial charge is 0.199 e.